The van der Waals surface area contributed by atoms with Crippen LogP contribution in [0.3, 0.4) is 0 Å². The molecule has 1 aliphatic heterocycles. The molecule has 5 rings (SSSR count). The van der Waals surface area contributed by atoms with E-state index >= 15 is 0 Å². The zero-order valence-corrected chi connectivity index (χ0v) is 16.0. The van der Waals surface area contributed by atoms with Gasteiger partial charge in [-0.1, -0.05) is 6.08 Å². The molecule has 7 nitrogen and oxygen atoms in total. The van der Waals surface area contributed by atoms with Crippen LogP contribution >= 0.6 is 0 Å². The number of benzene rings is 1. The summed E-state index contributed by atoms with van der Waals surface area (Å²) in [6.45, 7) is 1.93. The molecule has 3 aromatic rings. The van der Waals surface area contributed by atoms with Gasteiger partial charge in [0.25, 0.3) is 5.88 Å². The fraction of sp³-hybridized carbons (Fsp3) is 0.273. The maximum absolute atomic E-state index is 12.8. The van der Waals surface area contributed by atoms with Gasteiger partial charge < -0.3 is 14.6 Å². The third-order valence-corrected chi connectivity index (χ3v) is 5.25. The average molecular weight is 387 g/mol. The van der Waals surface area contributed by atoms with E-state index in [0.29, 0.717) is 23.0 Å². The Balaban J connectivity index is 1.34. The van der Waals surface area contributed by atoms with Crippen molar-refractivity contribution >= 4 is 17.7 Å². The van der Waals surface area contributed by atoms with Crippen molar-refractivity contribution in [3.8, 4) is 11.6 Å². The summed E-state index contributed by atoms with van der Waals surface area (Å²) in [4.78, 5) is 31.3. The Labute approximate surface area is 168 Å². The molecule has 0 amide bonds. The average Bonchev–Trinajstić information content (AvgIpc) is 3.44. The van der Waals surface area contributed by atoms with E-state index in [1.165, 1.54) is 0 Å². The Hall–Kier alpha value is -3.48. The molecule has 2 aliphatic rings. The highest BCUT2D eigenvalue weighted by molar-refractivity contribution is 6.06. The highest BCUT2D eigenvalue weighted by Crippen LogP contribution is 2.30. The fourth-order valence-corrected chi connectivity index (χ4v) is 3.74. The van der Waals surface area contributed by atoms with Gasteiger partial charge in [0.2, 0.25) is 5.78 Å². The number of hydrogen-bond acceptors (Lipinski definition) is 6. The van der Waals surface area contributed by atoms with Crippen LogP contribution in [0, 0.1) is 0 Å². The van der Waals surface area contributed by atoms with Gasteiger partial charge in [0, 0.05) is 36.7 Å². The molecule has 0 radical (unpaired) electrons. The van der Waals surface area contributed by atoms with Crippen LogP contribution in [0.15, 0.2) is 42.7 Å². The van der Waals surface area contributed by atoms with Crippen molar-refractivity contribution in [2.45, 2.75) is 25.7 Å². The molecule has 146 valence electrons. The van der Waals surface area contributed by atoms with Crippen LogP contribution in [-0.4, -0.2) is 38.8 Å². The monoisotopic (exact) mass is 387 g/mol. The van der Waals surface area contributed by atoms with E-state index in [9.17, 15) is 4.79 Å². The molecule has 3 heterocycles. The predicted octanol–water partition coefficient (Wildman–Crippen LogP) is 3.78. The van der Waals surface area contributed by atoms with Crippen molar-refractivity contribution in [3.63, 3.8) is 0 Å². The van der Waals surface area contributed by atoms with Crippen LogP contribution in [0.5, 0.6) is 11.6 Å². The molecule has 0 saturated carbocycles. The second kappa shape index (κ2) is 7.50. The Morgan fingerprint density at radius 1 is 1.07 bits per heavy atom. The Morgan fingerprint density at radius 3 is 2.66 bits per heavy atom. The van der Waals surface area contributed by atoms with Crippen LogP contribution in [0.4, 0.5) is 5.82 Å². The number of aryl methyl sites for hydroxylation is 1. The topological polar surface area (TPSA) is 84.0 Å². The van der Waals surface area contributed by atoms with Gasteiger partial charge in [0.1, 0.15) is 5.75 Å². The minimum atomic E-state index is -0.128. The predicted molar refractivity (Wildman–Crippen MR) is 109 cm³/mol. The molecule has 7 heteroatoms. The number of rotatable bonds is 5. The number of carbonyl (C=O) groups excluding carboxylic acids is 1. The minimum absolute atomic E-state index is 0.128. The van der Waals surface area contributed by atoms with E-state index in [4.69, 9.17) is 4.74 Å². The maximum Gasteiger partial charge on any atom is 0.263 e. The molecule has 1 N–H and O–H groups in total. The van der Waals surface area contributed by atoms with E-state index in [2.05, 4.69) is 30.9 Å². The summed E-state index contributed by atoms with van der Waals surface area (Å²) in [5.41, 5.74) is 2.44. The number of ketones is 1. The van der Waals surface area contributed by atoms with Crippen LogP contribution in [0.1, 0.15) is 46.8 Å². The molecule has 2 aromatic heterocycles. The number of imidazole rings is 1. The SMILES string of the molecule is O=C(c1ccc(Oc2nccnc2N2CCCC2)cc1)c1nc2c([nH]1)CCC=C2. The molecular weight excluding hydrogens is 366 g/mol. The number of carbonyl (C=O) groups is 1. The van der Waals surface area contributed by atoms with Gasteiger partial charge in [-0.05, 0) is 56.0 Å². The molecule has 1 saturated heterocycles. The number of anilines is 1. The van der Waals surface area contributed by atoms with Crippen molar-refractivity contribution < 1.29 is 9.53 Å². The lowest BCUT2D eigenvalue weighted by molar-refractivity contribution is 0.103. The summed E-state index contributed by atoms with van der Waals surface area (Å²) in [5.74, 6) is 2.11. The second-order valence-corrected chi connectivity index (χ2v) is 7.23. The van der Waals surface area contributed by atoms with Gasteiger partial charge in [-0.25, -0.2) is 15.0 Å². The third-order valence-electron chi connectivity index (χ3n) is 5.25. The standard InChI is InChI=1S/C22H21N5O2/c28-19(20-25-17-5-1-2-6-18(17)26-20)15-7-9-16(10-8-15)29-22-21(23-11-12-24-22)27-13-3-4-14-27/h1,5,7-12H,2-4,6,13-14H2,(H,25,26). The van der Waals surface area contributed by atoms with Gasteiger partial charge in [0.15, 0.2) is 11.6 Å². The number of H-pyrrole nitrogens is 1. The lowest BCUT2D eigenvalue weighted by Gasteiger charge is -2.18. The summed E-state index contributed by atoms with van der Waals surface area (Å²) in [5, 5.41) is 0. The van der Waals surface area contributed by atoms with E-state index < -0.39 is 0 Å². The van der Waals surface area contributed by atoms with Crippen LogP contribution in [0.2, 0.25) is 0 Å². The first-order chi connectivity index (χ1) is 14.3. The zero-order valence-electron chi connectivity index (χ0n) is 16.0. The van der Waals surface area contributed by atoms with Crippen LogP contribution in [-0.2, 0) is 6.42 Å². The maximum atomic E-state index is 12.8. The smallest absolute Gasteiger partial charge is 0.263 e. The number of aromatic amines is 1. The number of fused-ring (bicyclic) bond motifs is 1. The fourth-order valence-electron chi connectivity index (χ4n) is 3.74. The van der Waals surface area contributed by atoms with Gasteiger partial charge >= 0.3 is 0 Å². The molecule has 1 fully saturated rings. The molecule has 1 aliphatic carbocycles. The summed E-state index contributed by atoms with van der Waals surface area (Å²) in [7, 11) is 0. The second-order valence-electron chi connectivity index (χ2n) is 7.23. The van der Waals surface area contributed by atoms with Gasteiger partial charge in [-0.15, -0.1) is 0 Å². The number of allylic oxidation sites excluding steroid dienone is 1. The highest BCUT2D eigenvalue weighted by Gasteiger charge is 2.20. The lowest BCUT2D eigenvalue weighted by Crippen LogP contribution is -2.20. The van der Waals surface area contributed by atoms with E-state index in [-0.39, 0.29) is 5.78 Å². The van der Waals surface area contributed by atoms with Crippen molar-refractivity contribution in [2.24, 2.45) is 0 Å². The van der Waals surface area contributed by atoms with Gasteiger partial charge in [-0.2, -0.15) is 0 Å². The van der Waals surface area contributed by atoms with E-state index in [0.717, 1.165) is 56.0 Å². The lowest BCUT2D eigenvalue weighted by atomic mass is 10.1. The summed E-state index contributed by atoms with van der Waals surface area (Å²) in [6.07, 6.45) is 11.5. The summed E-state index contributed by atoms with van der Waals surface area (Å²) >= 11 is 0. The largest absolute Gasteiger partial charge is 0.436 e. The van der Waals surface area contributed by atoms with E-state index in [1.54, 1.807) is 36.7 Å². The molecule has 0 bridgehead atoms. The van der Waals surface area contributed by atoms with Gasteiger partial charge in [-0.3, -0.25) is 4.79 Å². The zero-order chi connectivity index (χ0) is 19.6. The molecule has 0 spiro atoms. The first kappa shape index (κ1) is 17.6. The third kappa shape index (κ3) is 3.51. The normalized spacial score (nSPS) is 15.4. The van der Waals surface area contributed by atoms with Crippen molar-refractivity contribution in [1.29, 1.82) is 0 Å². The molecule has 0 unspecified atom stereocenters. The molecule has 29 heavy (non-hydrogen) atoms. The van der Waals surface area contributed by atoms with Crippen molar-refractivity contribution in [3.05, 3.63) is 65.5 Å². The Morgan fingerprint density at radius 2 is 1.86 bits per heavy atom. The number of ether oxygens (including phenoxy) is 1. The van der Waals surface area contributed by atoms with Crippen molar-refractivity contribution in [1.82, 2.24) is 19.9 Å². The quantitative estimate of drug-likeness (QED) is 0.671. The summed E-state index contributed by atoms with van der Waals surface area (Å²) in [6, 6.07) is 7.05. The number of hydrogen-bond donors (Lipinski definition) is 1. The van der Waals surface area contributed by atoms with Crippen molar-refractivity contribution in [2.75, 3.05) is 18.0 Å². The number of nitrogens with zero attached hydrogens (tertiary/aromatic N) is 4. The van der Waals surface area contributed by atoms with Crippen LogP contribution in [0.25, 0.3) is 6.08 Å². The Bertz CT molecular complexity index is 1070. The van der Waals surface area contributed by atoms with E-state index in [1.807, 2.05) is 6.08 Å². The molecular formula is C22H21N5O2. The Kier molecular flexibility index (Phi) is 4.56. The first-order valence-electron chi connectivity index (χ1n) is 9.92. The summed E-state index contributed by atoms with van der Waals surface area (Å²) < 4.78 is 5.97. The first-order valence-corrected chi connectivity index (χ1v) is 9.92. The van der Waals surface area contributed by atoms with Crippen LogP contribution < -0.4 is 9.64 Å². The number of nitrogens with one attached hydrogen (secondary N) is 1. The highest BCUT2D eigenvalue weighted by atomic mass is 16.5. The van der Waals surface area contributed by atoms with Gasteiger partial charge in [0.05, 0.1) is 5.69 Å². The molecule has 1 aromatic carbocycles. The number of aromatic nitrogens is 4. The molecule has 0 atom stereocenters. The minimum Gasteiger partial charge on any atom is -0.436 e.